The van der Waals surface area contributed by atoms with Gasteiger partial charge in [-0.15, -0.1) is 0 Å². The molecule has 1 fully saturated rings. The maximum atomic E-state index is 5.55. The van der Waals surface area contributed by atoms with Crippen molar-refractivity contribution in [3.05, 3.63) is 0 Å². The van der Waals surface area contributed by atoms with Gasteiger partial charge in [-0.2, -0.15) is 0 Å². The highest BCUT2D eigenvalue weighted by molar-refractivity contribution is 4.68. The monoisotopic (exact) mass is 242 g/mol. The molecule has 1 aliphatic heterocycles. The average Bonchev–Trinajstić information content (AvgIpc) is 2.32. The Bertz CT molecular complexity index is 187. The number of nitrogens with zero attached hydrogens (tertiary/aromatic N) is 1. The van der Waals surface area contributed by atoms with Crippen LogP contribution in [-0.4, -0.2) is 49.8 Å². The maximum Gasteiger partial charge on any atom is 0.0674 e. The molecule has 0 aromatic carbocycles. The van der Waals surface area contributed by atoms with Gasteiger partial charge >= 0.3 is 0 Å². The molecule has 1 saturated heterocycles. The van der Waals surface area contributed by atoms with Gasteiger partial charge in [0, 0.05) is 19.1 Å². The largest absolute Gasteiger partial charge is 0.376 e. The van der Waals surface area contributed by atoms with Gasteiger partial charge in [0.2, 0.25) is 0 Å². The smallest absolute Gasteiger partial charge is 0.0674 e. The summed E-state index contributed by atoms with van der Waals surface area (Å²) >= 11 is 0. The van der Waals surface area contributed by atoms with Gasteiger partial charge in [-0.05, 0) is 46.2 Å². The second kappa shape index (κ2) is 8.90. The lowest BCUT2D eigenvalue weighted by atomic mass is 10.1. The second-order valence-corrected chi connectivity index (χ2v) is 5.33. The standard InChI is InChI=1S/C14H30N2O/c1-4-8-15-13(2)7-5-6-9-16-10-11-17-14(3)12-16/h13-15H,4-12H2,1-3H3. The van der Waals surface area contributed by atoms with Gasteiger partial charge < -0.3 is 10.1 Å². The fourth-order valence-electron chi connectivity index (χ4n) is 2.37. The first-order chi connectivity index (χ1) is 8.22. The lowest BCUT2D eigenvalue weighted by Crippen LogP contribution is -2.41. The van der Waals surface area contributed by atoms with Gasteiger partial charge in [0.1, 0.15) is 0 Å². The Morgan fingerprint density at radius 1 is 1.41 bits per heavy atom. The van der Waals surface area contributed by atoms with Crippen molar-refractivity contribution in [3.63, 3.8) is 0 Å². The Balaban J connectivity index is 1.96. The lowest BCUT2D eigenvalue weighted by Gasteiger charge is -2.31. The molecule has 1 N–H and O–H groups in total. The van der Waals surface area contributed by atoms with Crippen molar-refractivity contribution >= 4 is 0 Å². The zero-order valence-corrected chi connectivity index (χ0v) is 11.9. The van der Waals surface area contributed by atoms with E-state index in [4.69, 9.17) is 4.74 Å². The molecular formula is C14H30N2O. The van der Waals surface area contributed by atoms with E-state index in [0.717, 1.165) is 26.2 Å². The molecule has 17 heavy (non-hydrogen) atoms. The van der Waals surface area contributed by atoms with E-state index in [1.54, 1.807) is 0 Å². The first-order valence-electron chi connectivity index (χ1n) is 7.29. The Morgan fingerprint density at radius 3 is 2.94 bits per heavy atom. The van der Waals surface area contributed by atoms with E-state index in [1.807, 2.05) is 0 Å². The van der Waals surface area contributed by atoms with E-state index in [1.165, 1.54) is 32.2 Å². The summed E-state index contributed by atoms with van der Waals surface area (Å²) in [5, 5.41) is 3.54. The normalized spacial score (nSPS) is 23.8. The molecule has 3 nitrogen and oxygen atoms in total. The van der Waals surface area contributed by atoms with Crippen LogP contribution in [0, 0.1) is 0 Å². The quantitative estimate of drug-likeness (QED) is 0.661. The molecule has 0 aliphatic carbocycles. The van der Waals surface area contributed by atoms with Crippen LogP contribution in [-0.2, 0) is 4.74 Å². The molecule has 2 atom stereocenters. The summed E-state index contributed by atoms with van der Waals surface area (Å²) in [6, 6.07) is 0.679. The third-order valence-electron chi connectivity index (χ3n) is 3.43. The van der Waals surface area contributed by atoms with Gasteiger partial charge in [0.05, 0.1) is 12.7 Å². The van der Waals surface area contributed by atoms with E-state index < -0.39 is 0 Å². The molecule has 0 radical (unpaired) electrons. The van der Waals surface area contributed by atoms with Crippen LogP contribution in [0.5, 0.6) is 0 Å². The molecule has 2 unspecified atom stereocenters. The number of ether oxygens (including phenoxy) is 1. The van der Waals surface area contributed by atoms with E-state index in [0.29, 0.717) is 12.1 Å². The lowest BCUT2D eigenvalue weighted by molar-refractivity contribution is -0.0186. The summed E-state index contributed by atoms with van der Waals surface area (Å²) in [6.45, 7) is 12.2. The summed E-state index contributed by atoms with van der Waals surface area (Å²) in [5.41, 5.74) is 0. The van der Waals surface area contributed by atoms with Crippen LogP contribution in [0.25, 0.3) is 0 Å². The highest BCUT2D eigenvalue weighted by Gasteiger charge is 2.15. The summed E-state index contributed by atoms with van der Waals surface area (Å²) in [7, 11) is 0. The van der Waals surface area contributed by atoms with Crippen LogP contribution in [0.1, 0.15) is 46.5 Å². The number of rotatable bonds is 8. The zero-order valence-electron chi connectivity index (χ0n) is 11.9. The minimum atomic E-state index is 0.425. The fraction of sp³-hybridized carbons (Fsp3) is 1.00. The highest BCUT2D eigenvalue weighted by Crippen LogP contribution is 2.07. The first-order valence-corrected chi connectivity index (χ1v) is 7.29. The summed E-state index contributed by atoms with van der Waals surface area (Å²) in [5.74, 6) is 0. The molecule has 0 bridgehead atoms. The predicted octanol–water partition coefficient (Wildman–Crippen LogP) is 2.27. The highest BCUT2D eigenvalue weighted by atomic mass is 16.5. The van der Waals surface area contributed by atoms with Crippen LogP contribution in [0.4, 0.5) is 0 Å². The summed E-state index contributed by atoms with van der Waals surface area (Å²) in [4.78, 5) is 2.54. The Hall–Kier alpha value is -0.120. The van der Waals surface area contributed by atoms with Crippen molar-refractivity contribution in [3.8, 4) is 0 Å². The number of morpholine rings is 1. The third-order valence-corrected chi connectivity index (χ3v) is 3.43. The number of hydrogen-bond acceptors (Lipinski definition) is 3. The zero-order chi connectivity index (χ0) is 12.5. The molecule has 1 rings (SSSR count). The Labute approximate surface area is 107 Å². The van der Waals surface area contributed by atoms with Crippen molar-refractivity contribution in [1.82, 2.24) is 10.2 Å². The van der Waals surface area contributed by atoms with Crippen LogP contribution < -0.4 is 5.32 Å². The maximum absolute atomic E-state index is 5.55. The SMILES string of the molecule is CCCNC(C)CCCCN1CCOC(C)C1. The number of nitrogens with one attached hydrogen (secondary N) is 1. The third kappa shape index (κ3) is 7.02. The molecule has 0 saturated carbocycles. The molecule has 1 heterocycles. The van der Waals surface area contributed by atoms with Crippen molar-refractivity contribution in [2.24, 2.45) is 0 Å². The van der Waals surface area contributed by atoms with Gasteiger partial charge in [-0.3, -0.25) is 4.90 Å². The van der Waals surface area contributed by atoms with Crippen LogP contribution >= 0.6 is 0 Å². The molecule has 0 aromatic rings. The van der Waals surface area contributed by atoms with E-state index in [2.05, 4.69) is 31.0 Å². The van der Waals surface area contributed by atoms with E-state index in [-0.39, 0.29) is 0 Å². The van der Waals surface area contributed by atoms with Crippen LogP contribution in [0.15, 0.2) is 0 Å². The molecular weight excluding hydrogens is 212 g/mol. The minimum absolute atomic E-state index is 0.425. The van der Waals surface area contributed by atoms with Gasteiger partial charge in [0.15, 0.2) is 0 Å². The summed E-state index contributed by atoms with van der Waals surface area (Å²) in [6.07, 6.45) is 5.62. The van der Waals surface area contributed by atoms with Crippen molar-refractivity contribution < 1.29 is 4.74 Å². The van der Waals surface area contributed by atoms with E-state index >= 15 is 0 Å². The predicted molar refractivity (Wildman–Crippen MR) is 73.5 cm³/mol. The second-order valence-electron chi connectivity index (χ2n) is 5.33. The molecule has 1 aliphatic rings. The Morgan fingerprint density at radius 2 is 2.24 bits per heavy atom. The van der Waals surface area contributed by atoms with Gasteiger partial charge in [-0.1, -0.05) is 13.3 Å². The summed E-state index contributed by atoms with van der Waals surface area (Å²) < 4.78 is 5.55. The van der Waals surface area contributed by atoms with Crippen LogP contribution in [0.2, 0.25) is 0 Å². The first kappa shape index (κ1) is 14.9. The number of hydrogen-bond donors (Lipinski definition) is 1. The van der Waals surface area contributed by atoms with Crippen molar-refractivity contribution in [2.75, 3.05) is 32.8 Å². The molecule has 3 heteroatoms. The Kier molecular flexibility index (Phi) is 7.82. The minimum Gasteiger partial charge on any atom is -0.376 e. The van der Waals surface area contributed by atoms with Crippen molar-refractivity contribution in [2.45, 2.75) is 58.6 Å². The van der Waals surface area contributed by atoms with Gasteiger partial charge in [-0.25, -0.2) is 0 Å². The van der Waals surface area contributed by atoms with Crippen molar-refractivity contribution in [1.29, 1.82) is 0 Å². The fourth-order valence-corrected chi connectivity index (χ4v) is 2.37. The average molecular weight is 242 g/mol. The molecule has 0 aromatic heterocycles. The number of unbranched alkanes of at least 4 members (excludes halogenated alkanes) is 1. The molecule has 0 spiro atoms. The molecule has 102 valence electrons. The van der Waals surface area contributed by atoms with Gasteiger partial charge in [0.25, 0.3) is 0 Å². The van der Waals surface area contributed by atoms with E-state index in [9.17, 15) is 0 Å². The van der Waals surface area contributed by atoms with Crippen LogP contribution in [0.3, 0.4) is 0 Å². The topological polar surface area (TPSA) is 24.5 Å². The molecule has 0 amide bonds.